The van der Waals surface area contributed by atoms with Gasteiger partial charge in [-0.25, -0.2) is 0 Å². The van der Waals surface area contributed by atoms with Crippen LogP contribution in [0.5, 0.6) is 0 Å². The number of hydrogen-bond donors (Lipinski definition) is 1. The maximum atomic E-state index is 13.3. The molecule has 25 heavy (non-hydrogen) atoms. The van der Waals surface area contributed by atoms with Crippen molar-refractivity contribution < 1.29 is 9.53 Å². The Balaban J connectivity index is 1.76. The lowest BCUT2D eigenvalue weighted by Gasteiger charge is -2.36. The number of benzene rings is 1. The van der Waals surface area contributed by atoms with E-state index in [9.17, 15) is 4.79 Å². The van der Waals surface area contributed by atoms with E-state index in [1.165, 1.54) is 0 Å². The molecular formula is C19H22N4O2. The molecule has 1 fully saturated rings. The minimum atomic E-state index is -0.111. The summed E-state index contributed by atoms with van der Waals surface area (Å²) in [6.45, 7) is 5.67. The minimum absolute atomic E-state index is 0.0315. The van der Waals surface area contributed by atoms with Crippen molar-refractivity contribution in [1.29, 1.82) is 0 Å². The van der Waals surface area contributed by atoms with Crippen LogP contribution in [0.25, 0.3) is 10.9 Å². The van der Waals surface area contributed by atoms with Crippen LogP contribution in [-0.4, -0.2) is 45.3 Å². The van der Waals surface area contributed by atoms with Crippen molar-refractivity contribution >= 4 is 16.8 Å². The number of nitrogens with one attached hydrogen (secondary N) is 1. The molecule has 1 atom stereocenters. The van der Waals surface area contributed by atoms with Crippen LogP contribution in [0.4, 0.5) is 0 Å². The number of ether oxygens (including phenoxy) is 1. The number of H-pyrrole nitrogens is 1. The van der Waals surface area contributed by atoms with E-state index in [-0.39, 0.29) is 11.9 Å². The zero-order chi connectivity index (χ0) is 17.6. The summed E-state index contributed by atoms with van der Waals surface area (Å²) in [5.41, 5.74) is 4.70. The highest BCUT2D eigenvalue weighted by atomic mass is 16.5. The number of carbonyl (C=O) groups is 1. The molecule has 0 radical (unpaired) electrons. The highest BCUT2D eigenvalue weighted by molar-refractivity contribution is 6.05. The van der Waals surface area contributed by atoms with Gasteiger partial charge in [-0.15, -0.1) is 0 Å². The lowest BCUT2D eigenvalue weighted by atomic mass is 10.0. The molecule has 1 amide bonds. The van der Waals surface area contributed by atoms with Crippen molar-refractivity contribution in [2.45, 2.75) is 19.9 Å². The summed E-state index contributed by atoms with van der Waals surface area (Å²) in [7, 11) is 1.93. The first-order chi connectivity index (χ1) is 12.1. The number of carbonyl (C=O) groups excluding carboxylic acids is 1. The summed E-state index contributed by atoms with van der Waals surface area (Å²) >= 11 is 0. The van der Waals surface area contributed by atoms with E-state index in [2.05, 4.69) is 10.1 Å². The van der Waals surface area contributed by atoms with Gasteiger partial charge in [0, 0.05) is 36.4 Å². The lowest BCUT2D eigenvalue weighted by Crippen LogP contribution is -2.43. The van der Waals surface area contributed by atoms with Gasteiger partial charge in [-0.2, -0.15) is 5.10 Å². The number of aromatic nitrogens is 3. The number of amides is 1. The zero-order valence-electron chi connectivity index (χ0n) is 14.7. The quantitative estimate of drug-likeness (QED) is 0.781. The Kier molecular flexibility index (Phi) is 3.84. The molecule has 0 bridgehead atoms. The maximum Gasteiger partial charge on any atom is 0.256 e. The van der Waals surface area contributed by atoms with Gasteiger partial charge in [-0.3, -0.25) is 9.48 Å². The molecule has 1 aromatic carbocycles. The Hall–Kier alpha value is -2.60. The van der Waals surface area contributed by atoms with Gasteiger partial charge in [0.25, 0.3) is 5.91 Å². The summed E-state index contributed by atoms with van der Waals surface area (Å²) in [6.07, 6.45) is 1.87. The van der Waals surface area contributed by atoms with Gasteiger partial charge in [0.05, 0.1) is 36.0 Å². The normalized spacial score (nSPS) is 18.0. The van der Waals surface area contributed by atoms with Crippen LogP contribution < -0.4 is 0 Å². The van der Waals surface area contributed by atoms with Crippen LogP contribution in [0, 0.1) is 13.8 Å². The highest BCUT2D eigenvalue weighted by Crippen LogP contribution is 2.31. The molecular weight excluding hydrogens is 316 g/mol. The topological polar surface area (TPSA) is 63.1 Å². The van der Waals surface area contributed by atoms with E-state index < -0.39 is 0 Å². The third-order valence-electron chi connectivity index (χ3n) is 5.11. The second-order valence-electron chi connectivity index (χ2n) is 6.54. The van der Waals surface area contributed by atoms with E-state index in [0.29, 0.717) is 25.3 Å². The van der Waals surface area contributed by atoms with Crippen LogP contribution in [0.15, 0.2) is 30.5 Å². The van der Waals surface area contributed by atoms with Crippen molar-refractivity contribution in [3.63, 3.8) is 0 Å². The number of para-hydroxylation sites is 1. The Morgan fingerprint density at radius 3 is 2.92 bits per heavy atom. The van der Waals surface area contributed by atoms with Crippen molar-refractivity contribution in [2.75, 3.05) is 19.8 Å². The number of rotatable bonds is 2. The average molecular weight is 338 g/mol. The second kappa shape index (κ2) is 6.04. The molecule has 2 aromatic heterocycles. The van der Waals surface area contributed by atoms with Crippen molar-refractivity contribution in [3.05, 3.63) is 53.0 Å². The van der Waals surface area contributed by atoms with E-state index in [1.54, 1.807) is 0 Å². The Bertz CT molecular complexity index is 940. The predicted molar refractivity (Wildman–Crippen MR) is 95.6 cm³/mol. The molecule has 6 heteroatoms. The maximum absolute atomic E-state index is 13.3. The molecule has 0 saturated carbocycles. The number of hydrogen-bond acceptors (Lipinski definition) is 3. The number of aromatic amines is 1. The number of nitrogens with zero attached hydrogens (tertiary/aromatic N) is 3. The number of aryl methyl sites for hydroxylation is 2. The van der Waals surface area contributed by atoms with E-state index in [1.807, 2.05) is 60.9 Å². The van der Waals surface area contributed by atoms with Gasteiger partial charge in [0.1, 0.15) is 0 Å². The molecule has 1 unspecified atom stereocenters. The van der Waals surface area contributed by atoms with Gasteiger partial charge >= 0.3 is 0 Å². The number of fused-ring (bicyclic) bond motifs is 1. The molecule has 4 rings (SSSR count). The van der Waals surface area contributed by atoms with Gasteiger partial charge in [-0.1, -0.05) is 12.1 Å². The average Bonchev–Trinajstić information content (AvgIpc) is 3.19. The molecule has 6 nitrogen and oxygen atoms in total. The molecule has 1 saturated heterocycles. The first kappa shape index (κ1) is 15.9. The Morgan fingerprint density at radius 1 is 1.32 bits per heavy atom. The van der Waals surface area contributed by atoms with Crippen molar-refractivity contribution in [1.82, 2.24) is 19.7 Å². The second-order valence-corrected chi connectivity index (χ2v) is 6.54. The summed E-state index contributed by atoms with van der Waals surface area (Å²) < 4.78 is 7.57. The smallest absolute Gasteiger partial charge is 0.256 e. The third kappa shape index (κ3) is 2.53. The van der Waals surface area contributed by atoms with E-state index >= 15 is 0 Å². The van der Waals surface area contributed by atoms with Crippen LogP contribution in [0.3, 0.4) is 0 Å². The molecule has 3 heterocycles. The third-order valence-corrected chi connectivity index (χ3v) is 5.11. The molecule has 0 spiro atoms. The monoisotopic (exact) mass is 338 g/mol. The lowest BCUT2D eigenvalue weighted by molar-refractivity contribution is -0.00295. The fourth-order valence-electron chi connectivity index (χ4n) is 3.78. The zero-order valence-corrected chi connectivity index (χ0v) is 14.7. The van der Waals surface area contributed by atoms with Crippen molar-refractivity contribution in [2.24, 2.45) is 7.05 Å². The SMILES string of the molecule is Cc1nn(C)c(C)c1C1COCCN1C(=O)c1cccc2cc[nH]c12. The van der Waals surface area contributed by atoms with Gasteiger partial charge < -0.3 is 14.6 Å². The van der Waals surface area contributed by atoms with Crippen LogP contribution in [0.2, 0.25) is 0 Å². The predicted octanol–water partition coefficient (Wildman–Crippen LogP) is 2.73. The van der Waals surface area contributed by atoms with Crippen LogP contribution >= 0.6 is 0 Å². The fourth-order valence-corrected chi connectivity index (χ4v) is 3.78. The summed E-state index contributed by atoms with van der Waals surface area (Å²) in [4.78, 5) is 18.5. The molecule has 0 aliphatic carbocycles. The standard InChI is InChI=1S/C19H22N4O2/c1-12-17(13(2)22(3)21-12)16-11-25-10-9-23(16)19(24)15-6-4-5-14-7-8-20-18(14)15/h4-8,16,20H,9-11H2,1-3H3. The van der Waals surface area contributed by atoms with Gasteiger partial charge in [-0.05, 0) is 26.0 Å². The van der Waals surface area contributed by atoms with Gasteiger partial charge in [0.15, 0.2) is 0 Å². The first-order valence-electron chi connectivity index (χ1n) is 8.53. The van der Waals surface area contributed by atoms with E-state index in [0.717, 1.165) is 27.9 Å². The largest absolute Gasteiger partial charge is 0.377 e. The Labute approximate surface area is 146 Å². The molecule has 3 aromatic rings. The van der Waals surface area contributed by atoms with Crippen molar-refractivity contribution in [3.8, 4) is 0 Å². The summed E-state index contributed by atoms with van der Waals surface area (Å²) in [5.74, 6) is 0.0315. The molecule has 130 valence electrons. The summed E-state index contributed by atoms with van der Waals surface area (Å²) in [5, 5.41) is 5.56. The fraction of sp³-hybridized carbons (Fsp3) is 0.368. The molecule has 1 aliphatic heterocycles. The first-order valence-corrected chi connectivity index (χ1v) is 8.53. The molecule has 1 aliphatic rings. The summed E-state index contributed by atoms with van der Waals surface area (Å²) in [6, 6.07) is 7.70. The Morgan fingerprint density at radius 2 is 2.16 bits per heavy atom. The van der Waals surface area contributed by atoms with Gasteiger partial charge in [0.2, 0.25) is 0 Å². The number of morpholine rings is 1. The highest BCUT2D eigenvalue weighted by Gasteiger charge is 2.33. The van der Waals surface area contributed by atoms with E-state index in [4.69, 9.17) is 4.74 Å². The van der Waals surface area contributed by atoms with Crippen LogP contribution in [-0.2, 0) is 11.8 Å². The minimum Gasteiger partial charge on any atom is -0.377 e. The molecule has 1 N–H and O–H groups in total. The van der Waals surface area contributed by atoms with Crippen LogP contribution in [0.1, 0.15) is 33.4 Å².